The molecule has 0 N–H and O–H groups in total. The number of benzene rings is 1. The van der Waals surface area contributed by atoms with Crippen LogP contribution in [0.3, 0.4) is 0 Å². The highest BCUT2D eigenvalue weighted by Gasteiger charge is 2.24. The normalized spacial score (nSPS) is 14.2. The molecule has 0 heterocycles. The molecule has 1 rings (SSSR count). The molecule has 0 saturated carbocycles. The molecule has 0 spiro atoms. The topological polar surface area (TPSA) is 29.5 Å². The van der Waals surface area contributed by atoms with Crippen LogP contribution in [0.25, 0.3) is 0 Å². The lowest BCUT2D eigenvalue weighted by atomic mass is 9.87. The van der Waals surface area contributed by atoms with Gasteiger partial charge in [0.25, 0.3) is 0 Å². The predicted molar refractivity (Wildman–Crippen MR) is 78.4 cm³/mol. The molecular formula is C16H25NO2. The molecule has 1 aromatic carbocycles. The molecule has 0 aromatic heterocycles. The van der Waals surface area contributed by atoms with Gasteiger partial charge in [0, 0.05) is 18.5 Å². The molecule has 0 bridgehead atoms. The zero-order valence-corrected chi connectivity index (χ0v) is 12.5. The first-order chi connectivity index (χ1) is 9.03. The molecule has 0 aliphatic heterocycles. The van der Waals surface area contributed by atoms with Gasteiger partial charge in [-0.05, 0) is 31.2 Å². The van der Waals surface area contributed by atoms with Crippen molar-refractivity contribution in [3.8, 4) is 5.75 Å². The number of aldehydes is 1. The van der Waals surface area contributed by atoms with E-state index in [1.165, 1.54) is 5.56 Å². The zero-order valence-electron chi connectivity index (χ0n) is 12.5. The van der Waals surface area contributed by atoms with Crippen molar-refractivity contribution in [3.05, 3.63) is 29.8 Å². The van der Waals surface area contributed by atoms with E-state index < -0.39 is 0 Å². The fraction of sp³-hybridized carbons (Fsp3) is 0.562. The van der Waals surface area contributed by atoms with Crippen LogP contribution in [0.4, 0.5) is 0 Å². The summed E-state index contributed by atoms with van der Waals surface area (Å²) in [6.45, 7) is 5.78. The van der Waals surface area contributed by atoms with Crippen LogP contribution >= 0.6 is 0 Å². The Balaban J connectivity index is 2.58. The second-order valence-electron chi connectivity index (χ2n) is 5.54. The Hall–Kier alpha value is -1.35. The lowest BCUT2D eigenvalue weighted by molar-refractivity contribution is -0.116. The number of nitrogens with zero attached hydrogens (tertiary/aromatic N) is 1. The van der Waals surface area contributed by atoms with Crippen LogP contribution in [-0.4, -0.2) is 31.9 Å². The third kappa shape index (κ3) is 5.03. The lowest BCUT2D eigenvalue weighted by Gasteiger charge is -2.28. The summed E-state index contributed by atoms with van der Waals surface area (Å²) in [5.74, 6) is 0.870. The van der Waals surface area contributed by atoms with Crippen molar-refractivity contribution in [1.82, 2.24) is 4.90 Å². The summed E-state index contributed by atoms with van der Waals surface area (Å²) in [6, 6.07) is 8.06. The molecular weight excluding hydrogens is 238 g/mol. The van der Waals surface area contributed by atoms with E-state index in [-0.39, 0.29) is 5.41 Å². The van der Waals surface area contributed by atoms with Crippen LogP contribution in [0.1, 0.15) is 32.3 Å². The number of carbonyl (C=O) groups excluding carboxylic acids is 1. The molecule has 19 heavy (non-hydrogen) atoms. The number of carbonyl (C=O) groups is 1. The minimum atomic E-state index is -0.240. The van der Waals surface area contributed by atoms with Gasteiger partial charge in [-0.2, -0.15) is 0 Å². The van der Waals surface area contributed by atoms with E-state index in [0.717, 1.165) is 38.0 Å². The van der Waals surface area contributed by atoms with E-state index >= 15 is 0 Å². The minimum Gasteiger partial charge on any atom is -0.497 e. The number of methoxy groups -OCH3 is 1. The van der Waals surface area contributed by atoms with Gasteiger partial charge in [-0.1, -0.05) is 32.4 Å². The molecule has 3 nitrogen and oxygen atoms in total. The third-order valence-electron chi connectivity index (χ3n) is 3.35. The van der Waals surface area contributed by atoms with Crippen molar-refractivity contribution >= 4 is 6.29 Å². The van der Waals surface area contributed by atoms with Crippen molar-refractivity contribution in [3.63, 3.8) is 0 Å². The highest BCUT2D eigenvalue weighted by Crippen LogP contribution is 2.22. The van der Waals surface area contributed by atoms with Gasteiger partial charge >= 0.3 is 0 Å². The van der Waals surface area contributed by atoms with E-state index in [1.807, 2.05) is 19.1 Å². The van der Waals surface area contributed by atoms with Gasteiger partial charge in [-0.15, -0.1) is 0 Å². The molecule has 1 atom stereocenters. The van der Waals surface area contributed by atoms with E-state index in [9.17, 15) is 4.79 Å². The molecule has 0 aliphatic carbocycles. The van der Waals surface area contributed by atoms with Crippen LogP contribution in [0.2, 0.25) is 0 Å². The fourth-order valence-electron chi connectivity index (χ4n) is 2.46. The largest absolute Gasteiger partial charge is 0.497 e. The Kier molecular flexibility index (Phi) is 6.03. The van der Waals surface area contributed by atoms with E-state index in [2.05, 4.69) is 31.0 Å². The maximum Gasteiger partial charge on any atom is 0.127 e. The van der Waals surface area contributed by atoms with Crippen molar-refractivity contribution < 1.29 is 9.53 Å². The summed E-state index contributed by atoms with van der Waals surface area (Å²) in [5.41, 5.74) is 0.990. The molecule has 0 amide bonds. The molecule has 0 saturated heterocycles. The highest BCUT2D eigenvalue weighted by atomic mass is 16.5. The van der Waals surface area contributed by atoms with Crippen LogP contribution in [0.5, 0.6) is 5.75 Å². The van der Waals surface area contributed by atoms with Crippen molar-refractivity contribution in [2.75, 3.05) is 20.7 Å². The number of hydrogen-bond acceptors (Lipinski definition) is 3. The van der Waals surface area contributed by atoms with Crippen molar-refractivity contribution in [1.29, 1.82) is 0 Å². The van der Waals surface area contributed by atoms with Gasteiger partial charge in [0.2, 0.25) is 0 Å². The highest BCUT2D eigenvalue weighted by molar-refractivity contribution is 5.59. The summed E-state index contributed by atoms with van der Waals surface area (Å²) < 4.78 is 5.14. The monoisotopic (exact) mass is 263 g/mol. The number of ether oxygens (including phenoxy) is 1. The van der Waals surface area contributed by atoms with E-state index in [1.54, 1.807) is 7.11 Å². The Morgan fingerprint density at radius 1 is 1.32 bits per heavy atom. The number of rotatable bonds is 8. The summed E-state index contributed by atoms with van der Waals surface area (Å²) in [7, 11) is 3.73. The second-order valence-corrected chi connectivity index (χ2v) is 5.54. The maximum atomic E-state index is 11.2. The average Bonchev–Trinajstić information content (AvgIpc) is 2.39. The maximum absolute atomic E-state index is 11.2. The van der Waals surface area contributed by atoms with Crippen LogP contribution in [0.15, 0.2) is 24.3 Å². The van der Waals surface area contributed by atoms with Gasteiger partial charge in [0.15, 0.2) is 0 Å². The van der Waals surface area contributed by atoms with Crippen LogP contribution in [-0.2, 0) is 11.3 Å². The smallest absolute Gasteiger partial charge is 0.127 e. The number of hydrogen-bond donors (Lipinski definition) is 0. The molecule has 1 unspecified atom stereocenters. The van der Waals surface area contributed by atoms with Crippen LogP contribution in [0, 0.1) is 5.41 Å². The van der Waals surface area contributed by atoms with Gasteiger partial charge < -0.3 is 14.4 Å². The quantitative estimate of drug-likeness (QED) is 0.675. The van der Waals surface area contributed by atoms with Gasteiger partial charge in [-0.3, -0.25) is 0 Å². The Bertz CT molecular complexity index is 388. The summed E-state index contributed by atoms with van der Waals surface area (Å²) in [4.78, 5) is 13.4. The van der Waals surface area contributed by atoms with E-state index in [0.29, 0.717) is 0 Å². The summed E-state index contributed by atoms with van der Waals surface area (Å²) in [5, 5.41) is 0. The van der Waals surface area contributed by atoms with E-state index in [4.69, 9.17) is 4.74 Å². The molecule has 3 heteroatoms. The lowest BCUT2D eigenvalue weighted by Crippen LogP contribution is -2.34. The Morgan fingerprint density at radius 2 is 1.95 bits per heavy atom. The first-order valence-electron chi connectivity index (χ1n) is 6.81. The molecule has 1 aromatic rings. The summed E-state index contributed by atoms with van der Waals surface area (Å²) >= 11 is 0. The molecule has 106 valence electrons. The zero-order chi connectivity index (χ0) is 14.3. The Labute approximate surface area is 116 Å². The molecule has 0 fully saturated rings. The predicted octanol–water partition coefficient (Wildman–Crippen LogP) is 3.13. The standard InChI is InChI=1S/C16H25NO2/c1-5-10-16(2,13-18)12-17(3)11-14-6-8-15(19-4)9-7-14/h6-9,13H,5,10-12H2,1-4H3. The minimum absolute atomic E-state index is 0.240. The first kappa shape index (κ1) is 15.7. The van der Waals surface area contributed by atoms with Crippen molar-refractivity contribution in [2.45, 2.75) is 33.2 Å². The third-order valence-corrected chi connectivity index (χ3v) is 3.35. The molecule has 0 radical (unpaired) electrons. The summed E-state index contributed by atoms with van der Waals surface area (Å²) in [6.07, 6.45) is 3.07. The van der Waals surface area contributed by atoms with Gasteiger partial charge in [-0.25, -0.2) is 0 Å². The van der Waals surface area contributed by atoms with Crippen LogP contribution < -0.4 is 4.74 Å². The first-order valence-corrected chi connectivity index (χ1v) is 6.81. The second kappa shape index (κ2) is 7.29. The Morgan fingerprint density at radius 3 is 2.42 bits per heavy atom. The van der Waals surface area contributed by atoms with Gasteiger partial charge in [0.05, 0.1) is 7.11 Å². The van der Waals surface area contributed by atoms with Crippen molar-refractivity contribution in [2.24, 2.45) is 5.41 Å². The SMILES string of the molecule is CCCC(C)(C=O)CN(C)Cc1ccc(OC)cc1. The fourth-order valence-corrected chi connectivity index (χ4v) is 2.46. The molecule has 0 aliphatic rings. The average molecular weight is 263 g/mol. The van der Waals surface area contributed by atoms with Gasteiger partial charge in [0.1, 0.15) is 12.0 Å².